The fourth-order valence-corrected chi connectivity index (χ4v) is 5.36. The zero-order chi connectivity index (χ0) is 32.6. The van der Waals surface area contributed by atoms with Crippen molar-refractivity contribution < 1.29 is 28.8 Å². The first-order valence-electron chi connectivity index (χ1n) is 15.8. The maximum absolute atomic E-state index is 11.8. The number of carbonyl (C=O) groups is 6. The second-order valence-electron chi connectivity index (χ2n) is 14.4. The standard InChI is InChI=1S/3C11H19NO2/c3*1-7(2)6-12-10(13)5-9(8(3)4)11(12)14/h3*7-9H,5-6H2,1-4H3. The molecular weight excluding hydrogens is 534 g/mol. The van der Waals surface area contributed by atoms with E-state index in [1.165, 1.54) is 14.7 Å². The minimum Gasteiger partial charge on any atom is -0.282 e. The van der Waals surface area contributed by atoms with Crippen LogP contribution in [-0.4, -0.2) is 69.8 Å². The summed E-state index contributed by atoms with van der Waals surface area (Å²) in [5, 5.41) is 0. The molecule has 6 amide bonds. The van der Waals surface area contributed by atoms with E-state index in [1.807, 2.05) is 83.1 Å². The Bertz CT molecular complexity index is 861. The van der Waals surface area contributed by atoms with Crippen LogP contribution in [0.25, 0.3) is 0 Å². The fourth-order valence-electron chi connectivity index (χ4n) is 5.36. The first-order chi connectivity index (χ1) is 19.3. The van der Waals surface area contributed by atoms with Gasteiger partial charge in [0.05, 0.1) is 0 Å². The molecular formula is C33H57N3O6. The molecule has 3 fully saturated rings. The Hall–Kier alpha value is -2.58. The summed E-state index contributed by atoms with van der Waals surface area (Å²) in [6.07, 6.45) is 1.22. The van der Waals surface area contributed by atoms with Crippen molar-refractivity contribution >= 4 is 35.4 Å². The van der Waals surface area contributed by atoms with Crippen molar-refractivity contribution in [3.05, 3.63) is 0 Å². The molecule has 0 aromatic heterocycles. The number of amides is 6. The van der Waals surface area contributed by atoms with Crippen LogP contribution in [0.4, 0.5) is 0 Å². The summed E-state index contributed by atoms with van der Waals surface area (Å²) in [5.41, 5.74) is 0. The Labute approximate surface area is 254 Å². The smallest absolute Gasteiger partial charge is 0.233 e. The number of carbonyl (C=O) groups excluding carboxylic acids is 6. The summed E-state index contributed by atoms with van der Waals surface area (Å²) in [5.74, 6) is 1.71. The highest BCUT2D eigenvalue weighted by Gasteiger charge is 2.41. The maximum atomic E-state index is 11.8. The molecule has 0 radical (unpaired) electrons. The molecule has 42 heavy (non-hydrogen) atoms. The molecule has 3 unspecified atom stereocenters. The molecule has 0 aliphatic carbocycles. The van der Waals surface area contributed by atoms with Gasteiger partial charge in [-0.3, -0.25) is 43.5 Å². The topological polar surface area (TPSA) is 112 Å². The van der Waals surface area contributed by atoms with Crippen LogP contribution in [0.2, 0.25) is 0 Å². The zero-order valence-corrected chi connectivity index (χ0v) is 28.2. The Morgan fingerprint density at radius 3 is 0.738 bits per heavy atom. The molecule has 3 heterocycles. The molecule has 0 saturated carbocycles. The third kappa shape index (κ3) is 10.3. The minimum absolute atomic E-state index is 0.00222. The number of rotatable bonds is 9. The normalized spacial score (nSPS) is 23.0. The SMILES string of the molecule is CC(C)CN1C(=O)CC(C(C)C)C1=O.CC(C)CN1C(=O)CC(C(C)C)C1=O.CC(C)CN1C(=O)CC(C(C)C)C1=O. The molecule has 0 aromatic carbocycles. The molecule has 3 aliphatic heterocycles. The lowest BCUT2D eigenvalue weighted by Gasteiger charge is -2.18. The van der Waals surface area contributed by atoms with Gasteiger partial charge in [0, 0.05) is 56.7 Å². The molecule has 3 rings (SSSR count). The number of likely N-dealkylation sites (tertiary alicyclic amines) is 3. The second-order valence-corrected chi connectivity index (χ2v) is 14.4. The van der Waals surface area contributed by atoms with Gasteiger partial charge in [0.2, 0.25) is 35.4 Å². The van der Waals surface area contributed by atoms with Crippen LogP contribution in [0.5, 0.6) is 0 Å². The summed E-state index contributed by atoms with van der Waals surface area (Å²) >= 11 is 0. The molecule has 0 aromatic rings. The van der Waals surface area contributed by atoms with E-state index in [0.717, 1.165) is 0 Å². The number of imide groups is 3. The van der Waals surface area contributed by atoms with Crippen molar-refractivity contribution in [1.82, 2.24) is 14.7 Å². The molecule has 0 spiro atoms. The Balaban J connectivity index is 0.000000315. The average molecular weight is 592 g/mol. The van der Waals surface area contributed by atoms with Crippen LogP contribution >= 0.6 is 0 Å². The van der Waals surface area contributed by atoms with Crippen LogP contribution in [0.15, 0.2) is 0 Å². The Morgan fingerprint density at radius 1 is 0.429 bits per heavy atom. The van der Waals surface area contributed by atoms with Gasteiger partial charge in [-0.2, -0.15) is 0 Å². The first-order valence-corrected chi connectivity index (χ1v) is 15.8. The maximum Gasteiger partial charge on any atom is 0.233 e. The van der Waals surface area contributed by atoms with Crippen LogP contribution < -0.4 is 0 Å². The van der Waals surface area contributed by atoms with E-state index in [9.17, 15) is 28.8 Å². The lowest BCUT2D eigenvalue weighted by Crippen LogP contribution is -2.34. The van der Waals surface area contributed by atoms with Gasteiger partial charge in [0.15, 0.2) is 0 Å². The molecule has 3 saturated heterocycles. The van der Waals surface area contributed by atoms with E-state index in [1.54, 1.807) is 0 Å². The minimum atomic E-state index is -0.0822. The second kappa shape index (κ2) is 16.3. The van der Waals surface area contributed by atoms with Crippen molar-refractivity contribution in [1.29, 1.82) is 0 Å². The summed E-state index contributed by atoms with van der Waals surface area (Å²) in [4.78, 5) is 74.3. The molecule has 3 aliphatic rings. The highest BCUT2D eigenvalue weighted by molar-refractivity contribution is 6.04. The number of hydrogen-bond acceptors (Lipinski definition) is 6. The van der Waals surface area contributed by atoms with Crippen molar-refractivity contribution in [2.45, 2.75) is 102 Å². The number of nitrogens with zero attached hydrogens (tertiary/aromatic N) is 3. The largest absolute Gasteiger partial charge is 0.282 e. The molecule has 9 nitrogen and oxygen atoms in total. The van der Waals surface area contributed by atoms with E-state index in [0.29, 0.717) is 56.7 Å². The van der Waals surface area contributed by atoms with Crippen LogP contribution in [0.1, 0.15) is 102 Å². The summed E-state index contributed by atoms with van der Waals surface area (Å²) in [6, 6.07) is 0. The quantitative estimate of drug-likeness (QED) is 0.348. The van der Waals surface area contributed by atoms with Crippen molar-refractivity contribution in [2.24, 2.45) is 53.3 Å². The fraction of sp³-hybridized carbons (Fsp3) is 0.818. The van der Waals surface area contributed by atoms with Gasteiger partial charge in [-0.1, -0.05) is 83.1 Å². The van der Waals surface area contributed by atoms with E-state index in [-0.39, 0.29) is 71.0 Å². The van der Waals surface area contributed by atoms with Gasteiger partial charge in [0.1, 0.15) is 0 Å². The highest BCUT2D eigenvalue weighted by Crippen LogP contribution is 2.28. The average Bonchev–Trinajstić information content (AvgIpc) is 3.41. The molecule has 240 valence electrons. The zero-order valence-electron chi connectivity index (χ0n) is 28.2. The van der Waals surface area contributed by atoms with Crippen LogP contribution in [0, 0.1) is 53.3 Å². The van der Waals surface area contributed by atoms with E-state index in [4.69, 9.17) is 0 Å². The third-order valence-electron chi connectivity index (χ3n) is 7.89. The molecule has 0 bridgehead atoms. The van der Waals surface area contributed by atoms with Gasteiger partial charge in [-0.05, 0) is 35.5 Å². The Kier molecular flexibility index (Phi) is 14.5. The number of hydrogen-bond donors (Lipinski definition) is 0. The summed E-state index contributed by atoms with van der Waals surface area (Å²) in [7, 11) is 0. The van der Waals surface area contributed by atoms with Gasteiger partial charge < -0.3 is 0 Å². The van der Waals surface area contributed by atoms with Gasteiger partial charge in [0.25, 0.3) is 0 Å². The van der Waals surface area contributed by atoms with Gasteiger partial charge >= 0.3 is 0 Å². The highest BCUT2D eigenvalue weighted by atomic mass is 16.2. The monoisotopic (exact) mass is 591 g/mol. The molecule has 3 atom stereocenters. The third-order valence-corrected chi connectivity index (χ3v) is 7.89. The predicted molar refractivity (Wildman–Crippen MR) is 164 cm³/mol. The summed E-state index contributed by atoms with van der Waals surface area (Å²) < 4.78 is 0. The van der Waals surface area contributed by atoms with Crippen LogP contribution in [-0.2, 0) is 28.8 Å². The summed E-state index contributed by atoms with van der Waals surface area (Å²) in [6.45, 7) is 25.8. The molecule has 9 heteroatoms. The van der Waals surface area contributed by atoms with Crippen molar-refractivity contribution in [2.75, 3.05) is 19.6 Å². The molecule has 0 N–H and O–H groups in total. The lowest BCUT2D eigenvalue weighted by atomic mass is 9.94. The van der Waals surface area contributed by atoms with Crippen LogP contribution in [0.3, 0.4) is 0 Å². The van der Waals surface area contributed by atoms with E-state index < -0.39 is 0 Å². The first kappa shape index (κ1) is 37.4. The van der Waals surface area contributed by atoms with Gasteiger partial charge in [-0.15, -0.1) is 0 Å². The van der Waals surface area contributed by atoms with Crippen molar-refractivity contribution in [3.63, 3.8) is 0 Å². The van der Waals surface area contributed by atoms with Crippen molar-refractivity contribution in [3.8, 4) is 0 Å². The lowest BCUT2D eigenvalue weighted by molar-refractivity contribution is -0.141. The Morgan fingerprint density at radius 2 is 0.619 bits per heavy atom. The predicted octanol–water partition coefficient (Wildman–Crippen LogP) is 5.02. The van der Waals surface area contributed by atoms with E-state index >= 15 is 0 Å². The van der Waals surface area contributed by atoms with Gasteiger partial charge in [-0.25, -0.2) is 0 Å². The van der Waals surface area contributed by atoms with E-state index in [2.05, 4.69) is 0 Å².